The highest BCUT2D eigenvalue weighted by Gasteiger charge is 2.36. The third kappa shape index (κ3) is 5.07. The van der Waals surface area contributed by atoms with Gasteiger partial charge in [-0.3, -0.25) is 4.99 Å². The molecule has 0 bridgehead atoms. The van der Waals surface area contributed by atoms with E-state index in [1.54, 1.807) is 6.21 Å². The molecule has 0 spiro atoms. The average Bonchev–Trinajstić information content (AvgIpc) is 2.66. The molecule has 0 heterocycles. The molecule has 0 saturated heterocycles. The van der Waals surface area contributed by atoms with Crippen LogP contribution in [-0.2, 0) is 16.0 Å². The van der Waals surface area contributed by atoms with Crippen molar-refractivity contribution in [1.29, 1.82) is 0 Å². The normalized spacial score (nSPS) is 14.1. The van der Waals surface area contributed by atoms with Crippen molar-refractivity contribution in [2.45, 2.75) is 45.3 Å². The number of fused-ring (bicyclic) bond motifs is 1. The van der Waals surface area contributed by atoms with Gasteiger partial charge in [0, 0.05) is 12.6 Å². The van der Waals surface area contributed by atoms with Gasteiger partial charge in [0.1, 0.15) is 5.60 Å². The maximum Gasteiger partial charge on any atom is 0.334 e. The molecule has 0 aromatic heterocycles. The second-order valence-corrected chi connectivity index (χ2v) is 8.30. The Kier molecular flexibility index (Phi) is 5.64. The first-order valence-electron chi connectivity index (χ1n) is 9.57. The van der Waals surface area contributed by atoms with Crippen LogP contribution in [0.15, 0.2) is 77.8 Å². The summed E-state index contributed by atoms with van der Waals surface area (Å²) in [5, 5.41) is 2.33. The lowest BCUT2D eigenvalue weighted by Crippen LogP contribution is -2.41. The number of ether oxygens (including phenoxy) is 1. The van der Waals surface area contributed by atoms with Crippen LogP contribution in [0.25, 0.3) is 10.8 Å². The zero-order valence-electron chi connectivity index (χ0n) is 17.0. The predicted molar refractivity (Wildman–Crippen MR) is 116 cm³/mol. The largest absolute Gasteiger partial charge is 0.458 e. The van der Waals surface area contributed by atoms with E-state index >= 15 is 0 Å². The Labute approximate surface area is 167 Å². The number of benzene rings is 3. The molecule has 0 unspecified atom stereocenters. The van der Waals surface area contributed by atoms with Crippen LogP contribution in [0.1, 0.15) is 38.8 Å². The molecule has 0 N–H and O–H groups in total. The van der Waals surface area contributed by atoms with Crippen LogP contribution in [0, 0.1) is 0 Å². The Balaban J connectivity index is 1.92. The molecule has 1 atom stereocenters. The van der Waals surface area contributed by atoms with Gasteiger partial charge in [0.2, 0.25) is 0 Å². The first-order valence-corrected chi connectivity index (χ1v) is 9.57. The van der Waals surface area contributed by atoms with Crippen molar-refractivity contribution < 1.29 is 9.53 Å². The fourth-order valence-electron chi connectivity index (χ4n) is 3.06. The molecule has 28 heavy (non-hydrogen) atoms. The van der Waals surface area contributed by atoms with Gasteiger partial charge >= 0.3 is 5.97 Å². The highest BCUT2D eigenvalue weighted by Crippen LogP contribution is 2.23. The van der Waals surface area contributed by atoms with E-state index in [-0.39, 0.29) is 5.97 Å². The molecule has 0 aliphatic carbocycles. The summed E-state index contributed by atoms with van der Waals surface area (Å²) in [5.74, 6) is -0.319. The van der Waals surface area contributed by atoms with Crippen molar-refractivity contribution in [2.24, 2.45) is 4.99 Å². The maximum absolute atomic E-state index is 13.0. The maximum atomic E-state index is 13.0. The molecule has 0 aliphatic rings. The van der Waals surface area contributed by atoms with E-state index in [1.165, 1.54) is 5.39 Å². The van der Waals surface area contributed by atoms with Crippen molar-refractivity contribution in [3.63, 3.8) is 0 Å². The summed E-state index contributed by atoms with van der Waals surface area (Å²) in [6.07, 6.45) is 2.26. The van der Waals surface area contributed by atoms with Crippen LogP contribution in [0.5, 0.6) is 0 Å². The van der Waals surface area contributed by atoms with Gasteiger partial charge in [-0.1, -0.05) is 66.7 Å². The van der Waals surface area contributed by atoms with Crippen molar-refractivity contribution in [3.05, 3.63) is 83.9 Å². The quantitative estimate of drug-likeness (QED) is 0.431. The molecule has 0 fully saturated rings. The number of esters is 1. The van der Waals surface area contributed by atoms with Gasteiger partial charge in [-0.05, 0) is 55.7 Å². The first kappa shape index (κ1) is 19.8. The number of carbonyl (C=O) groups excluding carboxylic acids is 1. The van der Waals surface area contributed by atoms with Crippen LogP contribution in [0.3, 0.4) is 0 Å². The number of hydrogen-bond acceptors (Lipinski definition) is 3. The van der Waals surface area contributed by atoms with Gasteiger partial charge in [-0.25, -0.2) is 4.79 Å². The molecule has 144 valence electrons. The standard InChI is InChI=1S/C25H27NO2/c1-24(2,3)28-23(27)25(4,17-19-10-6-5-7-11-19)26-18-20-14-15-21-12-8-9-13-22(21)16-20/h5-16,18H,17H2,1-4H3/t25-/m0/s1. The second kappa shape index (κ2) is 7.97. The van der Waals surface area contributed by atoms with Crippen molar-refractivity contribution in [3.8, 4) is 0 Å². The zero-order chi connectivity index (χ0) is 20.2. The summed E-state index contributed by atoms with van der Waals surface area (Å²) in [5.41, 5.74) is 0.446. The number of carbonyl (C=O) groups is 1. The minimum absolute atomic E-state index is 0.319. The second-order valence-electron chi connectivity index (χ2n) is 8.30. The van der Waals surface area contributed by atoms with Gasteiger partial charge in [0.15, 0.2) is 5.54 Å². The van der Waals surface area contributed by atoms with E-state index in [2.05, 4.69) is 24.3 Å². The van der Waals surface area contributed by atoms with Crippen molar-refractivity contribution in [1.82, 2.24) is 0 Å². The van der Waals surface area contributed by atoms with E-state index in [0.717, 1.165) is 16.5 Å². The summed E-state index contributed by atoms with van der Waals surface area (Å²) in [7, 11) is 0. The Morgan fingerprint density at radius 3 is 2.21 bits per heavy atom. The molecular formula is C25H27NO2. The lowest BCUT2D eigenvalue weighted by molar-refractivity contribution is -0.160. The Morgan fingerprint density at radius 2 is 1.54 bits per heavy atom. The number of hydrogen-bond donors (Lipinski definition) is 0. The summed E-state index contributed by atoms with van der Waals surface area (Å²) >= 11 is 0. The first-order chi connectivity index (χ1) is 13.3. The molecule has 3 aromatic rings. The van der Waals surface area contributed by atoms with Crippen molar-refractivity contribution in [2.75, 3.05) is 0 Å². The molecule has 3 heteroatoms. The highest BCUT2D eigenvalue weighted by atomic mass is 16.6. The van der Waals surface area contributed by atoms with Crippen LogP contribution in [0.2, 0.25) is 0 Å². The minimum Gasteiger partial charge on any atom is -0.458 e. The fraction of sp³-hybridized carbons (Fsp3) is 0.280. The minimum atomic E-state index is -1.000. The zero-order valence-corrected chi connectivity index (χ0v) is 17.0. The Bertz CT molecular complexity index is 986. The van der Waals surface area contributed by atoms with Gasteiger partial charge < -0.3 is 4.74 Å². The summed E-state index contributed by atoms with van der Waals surface area (Å²) in [4.78, 5) is 17.7. The highest BCUT2D eigenvalue weighted by molar-refractivity contribution is 5.92. The monoisotopic (exact) mass is 373 g/mol. The van der Waals surface area contributed by atoms with E-state index in [1.807, 2.05) is 76.2 Å². The Hall–Kier alpha value is -2.94. The van der Waals surface area contributed by atoms with Gasteiger partial charge in [0.25, 0.3) is 0 Å². The van der Waals surface area contributed by atoms with E-state index in [0.29, 0.717) is 6.42 Å². The lowest BCUT2D eigenvalue weighted by Gasteiger charge is -2.28. The Morgan fingerprint density at radius 1 is 0.893 bits per heavy atom. The third-order valence-corrected chi connectivity index (χ3v) is 4.50. The smallest absolute Gasteiger partial charge is 0.334 e. The van der Waals surface area contributed by atoms with Crippen LogP contribution in [-0.4, -0.2) is 23.3 Å². The number of nitrogens with zero attached hydrogens (tertiary/aromatic N) is 1. The molecule has 0 amide bonds. The summed E-state index contributed by atoms with van der Waals surface area (Å²) < 4.78 is 5.68. The SMILES string of the molecule is CC(C)(C)OC(=O)[C@](C)(Cc1ccccc1)N=Cc1ccc2ccccc2c1. The topological polar surface area (TPSA) is 38.7 Å². The summed E-state index contributed by atoms with van der Waals surface area (Å²) in [6, 6.07) is 24.3. The van der Waals surface area contributed by atoms with Gasteiger partial charge in [-0.15, -0.1) is 0 Å². The molecule has 0 aliphatic heterocycles. The van der Waals surface area contributed by atoms with Crippen LogP contribution < -0.4 is 0 Å². The lowest BCUT2D eigenvalue weighted by atomic mass is 9.93. The molecular weight excluding hydrogens is 346 g/mol. The third-order valence-electron chi connectivity index (χ3n) is 4.50. The molecule has 3 aromatic carbocycles. The summed E-state index contributed by atoms with van der Waals surface area (Å²) in [6.45, 7) is 7.47. The van der Waals surface area contributed by atoms with Crippen LogP contribution >= 0.6 is 0 Å². The molecule has 3 rings (SSSR count). The predicted octanol–water partition coefficient (Wildman–Crippen LogP) is 5.60. The van der Waals surface area contributed by atoms with E-state index in [9.17, 15) is 4.79 Å². The van der Waals surface area contributed by atoms with Crippen molar-refractivity contribution >= 4 is 23.0 Å². The number of aliphatic imine (C=N–C) groups is 1. The average molecular weight is 373 g/mol. The van der Waals surface area contributed by atoms with Gasteiger partial charge in [0.05, 0.1) is 0 Å². The van der Waals surface area contributed by atoms with E-state index < -0.39 is 11.1 Å². The van der Waals surface area contributed by atoms with Crippen LogP contribution in [0.4, 0.5) is 0 Å². The van der Waals surface area contributed by atoms with E-state index in [4.69, 9.17) is 9.73 Å². The molecule has 3 nitrogen and oxygen atoms in total. The van der Waals surface area contributed by atoms with Gasteiger partial charge in [-0.2, -0.15) is 0 Å². The molecule has 0 radical (unpaired) electrons. The molecule has 0 saturated carbocycles. The number of rotatable bonds is 5. The fourth-order valence-corrected chi connectivity index (χ4v) is 3.06.